The molecule has 1 aliphatic rings. The van der Waals surface area contributed by atoms with Gasteiger partial charge in [0.2, 0.25) is 12.3 Å². The quantitative estimate of drug-likeness (QED) is 0.147. The minimum Gasteiger partial charge on any atom is -0.486 e. The highest BCUT2D eigenvalue weighted by molar-refractivity contribution is 5.90. The number of methoxy groups -OCH3 is 1. The van der Waals surface area contributed by atoms with Gasteiger partial charge < -0.3 is 24.8 Å². The van der Waals surface area contributed by atoms with Gasteiger partial charge in [0.1, 0.15) is 36.3 Å². The SMILES string of the molecule is C/C=C(F)/C=c1/[nH]nc/c1=C\c1c(CC)cc2cnc(OC[C@H](C)OC)nc2c1OCc1ccc(-c2cn(C(C(=O)N3CCCC3C)C(C)C)nn2)cc1.NC=O. The molecule has 2 aromatic carbocycles. The lowest BCUT2D eigenvalue weighted by atomic mass is 9.99. The average molecular weight is 782 g/mol. The number of halogens is 1. The summed E-state index contributed by atoms with van der Waals surface area (Å²) < 4.78 is 33.9. The van der Waals surface area contributed by atoms with Crippen molar-refractivity contribution in [1.29, 1.82) is 0 Å². The Morgan fingerprint density at radius 2 is 1.91 bits per heavy atom. The molecule has 1 aliphatic heterocycles. The maximum absolute atomic E-state index is 14.3. The first kappa shape index (κ1) is 42.2. The van der Waals surface area contributed by atoms with E-state index in [1.54, 1.807) is 31.1 Å². The molecule has 3 N–H and O–H groups in total. The van der Waals surface area contributed by atoms with Crippen molar-refractivity contribution in [2.75, 3.05) is 20.3 Å². The van der Waals surface area contributed by atoms with Gasteiger partial charge in [0.15, 0.2) is 5.75 Å². The van der Waals surface area contributed by atoms with E-state index in [1.807, 2.05) is 68.3 Å². The fourth-order valence-electron chi connectivity index (χ4n) is 6.65. The Morgan fingerprint density at radius 1 is 1.16 bits per heavy atom. The van der Waals surface area contributed by atoms with Crippen LogP contribution >= 0.6 is 0 Å². The zero-order valence-electron chi connectivity index (χ0n) is 33.6. The summed E-state index contributed by atoms with van der Waals surface area (Å²) in [4.78, 5) is 33.3. The molecule has 6 rings (SSSR count). The number of nitrogens with zero attached hydrogens (tertiary/aromatic N) is 7. The molecule has 0 bridgehead atoms. The number of H-pyrrole nitrogens is 1. The van der Waals surface area contributed by atoms with E-state index in [-0.39, 0.29) is 55.4 Å². The molecule has 2 unspecified atom stereocenters. The lowest BCUT2D eigenvalue weighted by Crippen LogP contribution is -2.41. The van der Waals surface area contributed by atoms with Gasteiger partial charge in [0, 0.05) is 47.6 Å². The second-order valence-electron chi connectivity index (χ2n) is 14.2. The minimum absolute atomic E-state index is 0.0539. The number of aromatic amines is 1. The highest BCUT2D eigenvalue weighted by Gasteiger charge is 2.34. The van der Waals surface area contributed by atoms with E-state index in [0.717, 1.165) is 47.0 Å². The number of hydrogen-bond acceptors (Lipinski definition) is 10. The van der Waals surface area contributed by atoms with Crippen molar-refractivity contribution in [3.8, 4) is 23.0 Å². The maximum atomic E-state index is 14.3. The molecular weight excluding hydrogens is 730 g/mol. The molecule has 0 spiro atoms. The van der Waals surface area contributed by atoms with Crippen LogP contribution in [0, 0.1) is 5.92 Å². The van der Waals surface area contributed by atoms with Crippen molar-refractivity contribution < 1.29 is 28.2 Å². The molecule has 0 saturated carbocycles. The highest BCUT2D eigenvalue weighted by atomic mass is 19.1. The number of rotatable bonds is 14. The van der Waals surface area contributed by atoms with E-state index >= 15 is 0 Å². The summed E-state index contributed by atoms with van der Waals surface area (Å²) in [6, 6.07) is 9.97. The summed E-state index contributed by atoms with van der Waals surface area (Å²) in [7, 11) is 1.62. The number of nitrogens with two attached hydrogens (primary N) is 1. The van der Waals surface area contributed by atoms with Crippen molar-refractivity contribution >= 4 is 35.4 Å². The molecule has 5 aromatic rings. The normalized spacial score (nSPS) is 16.1. The van der Waals surface area contributed by atoms with Gasteiger partial charge in [0.05, 0.1) is 23.8 Å². The number of fused-ring (bicyclic) bond motifs is 1. The highest BCUT2D eigenvalue weighted by Crippen LogP contribution is 2.34. The van der Waals surface area contributed by atoms with Gasteiger partial charge in [-0.15, -0.1) is 5.10 Å². The lowest BCUT2D eigenvalue weighted by Gasteiger charge is -2.28. The minimum atomic E-state index is -0.421. The third kappa shape index (κ3) is 10.3. The Labute approximate surface area is 331 Å². The zero-order chi connectivity index (χ0) is 41.1. The van der Waals surface area contributed by atoms with E-state index in [0.29, 0.717) is 33.9 Å². The standard InChI is InChI=1S/C41H49FN8O4.CH3NO/c1-8-29-17-32-20-43-41(54-23-27(6)52-7)45-37(32)39(34(29)18-31-21-44-46-35(31)19-33(42)9-2)53-24-28-12-14-30(15-13-28)36-22-50(48-47-36)38(25(3)4)40(51)49-16-10-11-26(49)5;2-1-3/h9,12-15,17-22,25-27,38,46H,8,10-11,16,23-24H2,1-7H3;1H,(H2,2,3)/b31-18+,33-9-,35-19+;/t26?,27-,38?;/m0./s1. The molecule has 3 atom stereocenters. The Kier molecular flexibility index (Phi) is 14.6. The number of carbonyl (C=O) groups is 2. The van der Waals surface area contributed by atoms with E-state index in [4.69, 9.17) is 24.0 Å². The summed E-state index contributed by atoms with van der Waals surface area (Å²) in [5.41, 5.74) is 9.01. The molecule has 4 heterocycles. The monoisotopic (exact) mass is 781 g/mol. The van der Waals surface area contributed by atoms with Crippen LogP contribution in [0.15, 0.2) is 60.8 Å². The number of nitrogens with one attached hydrogen (secondary N) is 1. The van der Waals surface area contributed by atoms with Gasteiger partial charge in [0.25, 0.3) is 0 Å². The number of hydrogen-bond donors (Lipinski definition) is 2. The van der Waals surface area contributed by atoms with Gasteiger partial charge in [-0.3, -0.25) is 14.7 Å². The third-order valence-electron chi connectivity index (χ3n) is 9.87. The van der Waals surface area contributed by atoms with Crippen LogP contribution in [0.1, 0.15) is 77.1 Å². The van der Waals surface area contributed by atoms with Crippen LogP contribution in [0.25, 0.3) is 34.3 Å². The Hall–Kier alpha value is -5.96. The van der Waals surface area contributed by atoms with Crippen molar-refractivity contribution in [1.82, 2.24) is 40.1 Å². The summed E-state index contributed by atoms with van der Waals surface area (Å²) in [5, 5.41) is 17.9. The number of benzene rings is 2. The Morgan fingerprint density at radius 3 is 2.56 bits per heavy atom. The summed E-state index contributed by atoms with van der Waals surface area (Å²) >= 11 is 0. The predicted molar refractivity (Wildman–Crippen MR) is 216 cm³/mol. The van der Waals surface area contributed by atoms with Crippen LogP contribution in [0.2, 0.25) is 0 Å². The molecular formula is C42H52FN9O5. The fraction of sp³-hybridized carbons (Fsp3) is 0.405. The average Bonchev–Trinajstić information content (AvgIpc) is 3.98. The van der Waals surface area contributed by atoms with Crippen LogP contribution < -0.4 is 25.8 Å². The zero-order valence-corrected chi connectivity index (χ0v) is 33.6. The van der Waals surface area contributed by atoms with Crippen molar-refractivity contribution in [3.63, 3.8) is 0 Å². The van der Waals surface area contributed by atoms with Gasteiger partial charge >= 0.3 is 6.01 Å². The first-order valence-electron chi connectivity index (χ1n) is 19.1. The van der Waals surface area contributed by atoms with E-state index in [9.17, 15) is 9.18 Å². The smallest absolute Gasteiger partial charge is 0.317 e. The van der Waals surface area contributed by atoms with Crippen molar-refractivity contribution in [2.24, 2.45) is 11.7 Å². The molecule has 302 valence electrons. The lowest BCUT2D eigenvalue weighted by molar-refractivity contribution is -0.137. The molecule has 0 aliphatic carbocycles. The molecule has 3 aromatic heterocycles. The second kappa shape index (κ2) is 19.8. The van der Waals surface area contributed by atoms with Crippen LogP contribution in [-0.4, -0.2) is 84.8 Å². The fourth-order valence-corrected chi connectivity index (χ4v) is 6.65. The number of aromatic nitrogens is 7. The Bertz CT molecular complexity index is 2290. The molecule has 2 amide bonds. The molecule has 14 nitrogen and oxygen atoms in total. The summed E-state index contributed by atoms with van der Waals surface area (Å²) in [6.45, 7) is 13.1. The van der Waals surface area contributed by atoms with E-state index < -0.39 is 6.04 Å². The number of allylic oxidation sites excluding steroid dienone is 2. The number of likely N-dealkylation sites (tertiary alicyclic amines) is 1. The van der Waals surface area contributed by atoms with E-state index in [2.05, 4.69) is 45.1 Å². The molecule has 1 fully saturated rings. The maximum Gasteiger partial charge on any atom is 0.317 e. The summed E-state index contributed by atoms with van der Waals surface area (Å²) in [6.07, 6.45) is 12.8. The molecule has 1 saturated heterocycles. The number of aryl methyl sites for hydroxylation is 1. The largest absolute Gasteiger partial charge is 0.486 e. The van der Waals surface area contributed by atoms with Gasteiger partial charge in [-0.2, -0.15) is 10.1 Å². The molecule has 57 heavy (non-hydrogen) atoms. The van der Waals surface area contributed by atoms with E-state index in [1.165, 1.54) is 12.2 Å². The van der Waals surface area contributed by atoms with Gasteiger partial charge in [-0.25, -0.2) is 14.1 Å². The van der Waals surface area contributed by atoms with Crippen LogP contribution in [-0.2, 0) is 27.4 Å². The predicted octanol–water partition coefficient (Wildman–Crippen LogP) is 4.96. The Balaban J connectivity index is 0.00000200. The molecule has 15 heteroatoms. The summed E-state index contributed by atoms with van der Waals surface area (Å²) in [5.74, 6) is 0.308. The first-order chi connectivity index (χ1) is 27.5. The molecule has 0 radical (unpaired) electrons. The van der Waals surface area contributed by atoms with Crippen LogP contribution in [0.4, 0.5) is 4.39 Å². The van der Waals surface area contributed by atoms with Crippen molar-refractivity contribution in [3.05, 3.63) is 88.1 Å². The number of primary amides is 1. The third-order valence-corrected chi connectivity index (χ3v) is 9.87. The second-order valence-corrected chi connectivity index (χ2v) is 14.2. The number of ether oxygens (including phenoxy) is 3. The van der Waals surface area contributed by atoms with Gasteiger partial charge in [-0.05, 0) is 75.3 Å². The van der Waals surface area contributed by atoms with Crippen LogP contribution in [0.3, 0.4) is 0 Å². The topological polar surface area (TPSA) is 176 Å². The number of carbonyl (C=O) groups excluding carboxylic acids is 2. The first-order valence-corrected chi connectivity index (χ1v) is 19.1. The van der Waals surface area contributed by atoms with Crippen molar-refractivity contribution in [2.45, 2.75) is 85.6 Å². The van der Waals surface area contributed by atoms with Gasteiger partial charge in [-0.1, -0.05) is 56.3 Å². The van der Waals surface area contributed by atoms with Crippen LogP contribution in [0.5, 0.6) is 11.8 Å². The number of amides is 2.